The van der Waals surface area contributed by atoms with Crippen molar-refractivity contribution in [1.82, 2.24) is 0 Å². The van der Waals surface area contributed by atoms with Crippen LogP contribution in [0.5, 0.6) is 0 Å². The van der Waals surface area contributed by atoms with Gasteiger partial charge in [-0.05, 0) is 62.1 Å². The topological polar surface area (TPSA) is 6.25 Å². The van der Waals surface area contributed by atoms with Crippen molar-refractivity contribution in [2.45, 2.75) is 34.1 Å². The molecule has 0 spiro atoms. The Bertz CT molecular complexity index is 728. The molecule has 0 bridgehead atoms. The van der Waals surface area contributed by atoms with Gasteiger partial charge in [-0.1, -0.05) is 24.3 Å². The van der Waals surface area contributed by atoms with Crippen LogP contribution in [0.15, 0.2) is 36.4 Å². The SMILES string of the molecule is Cc1cccc(N2C=[N+](c3cccc(C)c3C)CCC2)c1C. The lowest BCUT2D eigenvalue weighted by Gasteiger charge is -2.23. The van der Waals surface area contributed by atoms with E-state index in [1.165, 1.54) is 40.0 Å². The maximum atomic E-state index is 2.40. The number of aryl methyl sites for hydroxylation is 2. The summed E-state index contributed by atoms with van der Waals surface area (Å²) in [6, 6.07) is 13.1. The van der Waals surface area contributed by atoms with Crippen LogP contribution in [-0.4, -0.2) is 24.0 Å². The van der Waals surface area contributed by atoms with Crippen molar-refractivity contribution in [2.24, 2.45) is 0 Å². The molecular weight excluding hydrogens is 268 g/mol. The van der Waals surface area contributed by atoms with E-state index in [2.05, 4.69) is 79.9 Å². The Morgan fingerprint density at radius 3 is 2.32 bits per heavy atom. The maximum absolute atomic E-state index is 2.40. The van der Waals surface area contributed by atoms with Gasteiger partial charge in [-0.2, -0.15) is 0 Å². The second-order valence-electron chi connectivity index (χ2n) is 6.29. The molecule has 0 amide bonds. The minimum atomic E-state index is 1.09. The van der Waals surface area contributed by atoms with E-state index < -0.39 is 0 Å². The van der Waals surface area contributed by atoms with Gasteiger partial charge >= 0.3 is 0 Å². The molecule has 0 aromatic heterocycles. The zero-order chi connectivity index (χ0) is 15.7. The predicted octanol–water partition coefficient (Wildman–Crippen LogP) is 4.50. The van der Waals surface area contributed by atoms with Gasteiger partial charge in [-0.25, -0.2) is 9.48 Å². The summed E-state index contributed by atoms with van der Waals surface area (Å²) < 4.78 is 2.40. The minimum absolute atomic E-state index is 1.09. The van der Waals surface area contributed by atoms with E-state index in [0.717, 1.165) is 13.1 Å². The summed E-state index contributed by atoms with van der Waals surface area (Å²) in [6.07, 6.45) is 3.46. The van der Waals surface area contributed by atoms with Crippen LogP contribution in [0.4, 0.5) is 11.4 Å². The van der Waals surface area contributed by atoms with Gasteiger partial charge in [0.15, 0.2) is 0 Å². The molecule has 22 heavy (non-hydrogen) atoms. The summed E-state index contributed by atoms with van der Waals surface area (Å²) in [7, 11) is 0. The van der Waals surface area contributed by atoms with Gasteiger partial charge < -0.3 is 0 Å². The molecule has 0 saturated heterocycles. The first-order valence-corrected chi connectivity index (χ1v) is 8.08. The van der Waals surface area contributed by atoms with Crippen LogP contribution in [0.2, 0.25) is 0 Å². The molecule has 2 nitrogen and oxygen atoms in total. The summed E-state index contributed by atoms with van der Waals surface area (Å²) in [5.41, 5.74) is 8.12. The van der Waals surface area contributed by atoms with Crippen molar-refractivity contribution in [3.05, 3.63) is 58.7 Å². The molecular formula is C20H25N2+. The largest absolute Gasteiger partial charge is 0.244 e. The molecule has 0 atom stereocenters. The maximum Gasteiger partial charge on any atom is 0.244 e. The quantitative estimate of drug-likeness (QED) is 0.739. The smallest absolute Gasteiger partial charge is 0.233 e. The van der Waals surface area contributed by atoms with Crippen LogP contribution in [0, 0.1) is 27.7 Å². The van der Waals surface area contributed by atoms with Crippen LogP contribution in [0.25, 0.3) is 0 Å². The van der Waals surface area contributed by atoms with Crippen LogP contribution in [0.3, 0.4) is 0 Å². The van der Waals surface area contributed by atoms with E-state index in [-0.39, 0.29) is 0 Å². The van der Waals surface area contributed by atoms with Crippen LogP contribution in [0.1, 0.15) is 28.7 Å². The molecule has 1 aliphatic rings. The second-order valence-corrected chi connectivity index (χ2v) is 6.29. The molecule has 0 N–H and O–H groups in total. The van der Waals surface area contributed by atoms with Crippen LogP contribution in [-0.2, 0) is 0 Å². The molecule has 0 fully saturated rings. The third kappa shape index (κ3) is 2.66. The van der Waals surface area contributed by atoms with Gasteiger partial charge in [-0.15, -0.1) is 0 Å². The highest BCUT2D eigenvalue weighted by molar-refractivity contribution is 5.79. The Balaban J connectivity index is 2.02. The monoisotopic (exact) mass is 293 g/mol. The summed E-state index contributed by atoms with van der Waals surface area (Å²) in [5, 5.41) is 0. The van der Waals surface area contributed by atoms with Crippen LogP contribution >= 0.6 is 0 Å². The number of hydrogen-bond acceptors (Lipinski definition) is 1. The fourth-order valence-corrected chi connectivity index (χ4v) is 3.15. The van der Waals surface area contributed by atoms with Crippen molar-refractivity contribution in [1.29, 1.82) is 0 Å². The average Bonchev–Trinajstić information content (AvgIpc) is 2.53. The Kier molecular flexibility index (Phi) is 4.02. The van der Waals surface area contributed by atoms with Crippen LogP contribution < -0.4 is 4.90 Å². The Labute approximate surface area is 133 Å². The van der Waals surface area contributed by atoms with Crippen molar-refractivity contribution < 1.29 is 4.58 Å². The fraction of sp³-hybridized carbons (Fsp3) is 0.350. The molecule has 0 radical (unpaired) electrons. The lowest BCUT2D eigenvalue weighted by atomic mass is 10.1. The molecule has 3 rings (SSSR count). The summed E-state index contributed by atoms with van der Waals surface area (Å²) in [5.74, 6) is 0. The van der Waals surface area contributed by atoms with Crippen molar-refractivity contribution in [3.63, 3.8) is 0 Å². The number of nitrogens with zero attached hydrogens (tertiary/aromatic N) is 2. The molecule has 1 aliphatic heterocycles. The highest BCUT2D eigenvalue weighted by Crippen LogP contribution is 2.26. The van der Waals surface area contributed by atoms with Gasteiger partial charge in [0, 0.05) is 6.42 Å². The van der Waals surface area contributed by atoms with Gasteiger partial charge in [0.25, 0.3) is 0 Å². The molecule has 1 heterocycles. The lowest BCUT2D eigenvalue weighted by molar-refractivity contribution is -0.440. The lowest BCUT2D eigenvalue weighted by Crippen LogP contribution is -2.35. The molecule has 114 valence electrons. The summed E-state index contributed by atoms with van der Waals surface area (Å²) >= 11 is 0. The van der Waals surface area contributed by atoms with Gasteiger partial charge in [0.1, 0.15) is 11.4 Å². The number of rotatable bonds is 2. The normalized spacial score (nSPS) is 14.9. The number of benzene rings is 2. The Hall–Kier alpha value is -2.09. The van der Waals surface area contributed by atoms with Crippen molar-refractivity contribution in [2.75, 3.05) is 18.0 Å². The van der Waals surface area contributed by atoms with Crippen molar-refractivity contribution >= 4 is 17.7 Å². The first-order chi connectivity index (χ1) is 10.6. The highest BCUT2D eigenvalue weighted by Gasteiger charge is 2.22. The fourth-order valence-electron chi connectivity index (χ4n) is 3.15. The van der Waals surface area contributed by atoms with E-state index >= 15 is 0 Å². The standard InChI is InChI=1S/C20H25N2/c1-15-8-5-10-19(17(15)3)21-12-7-13-22(14-21)20-11-6-9-16(2)18(20)4/h5-6,8-11,14H,7,12-13H2,1-4H3/q+1. The molecule has 2 aromatic rings. The van der Waals surface area contributed by atoms with E-state index in [9.17, 15) is 0 Å². The molecule has 0 saturated carbocycles. The predicted molar refractivity (Wildman–Crippen MR) is 94.6 cm³/mol. The third-order valence-electron chi connectivity index (χ3n) is 4.85. The zero-order valence-electron chi connectivity index (χ0n) is 14.1. The van der Waals surface area contributed by atoms with E-state index in [1.54, 1.807) is 0 Å². The molecule has 0 aliphatic carbocycles. The summed E-state index contributed by atoms with van der Waals surface area (Å²) in [4.78, 5) is 2.40. The van der Waals surface area contributed by atoms with E-state index in [0.29, 0.717) is 0 Å². The Morgan fingerprint density at radius 1 is 0.864 bits per heavy atom. The second kappa shape index (κ2) is 5.96. The van der Waals surface area contributed by atoms with Gasteiger partial charge in [0.2, 0.25) is 6.34 Å². The van der Waals surface area contributed by atoms with Crippen molar-refractivity contribution in [3.8, 4) is 0 Å². The van der Waals surface area contributed by atoms with E-state index in [4.69, 9.17) is 0 Å². The van der Waals surface area contributed by atoms with Gasteiger partial charge in [-0.3, -0.25) is 0 Å². The first-order valence-electron chi connectivity index (χ1n) is 8.08. The zero-order valence-corrected chi connectivity index (χ0v) is 14.1. The minimum Gasteiger partial charge on any atom is -0.233 e. The number of anilines is 1. The van der Waals surface area contributed by atoms with E-state index in [1.807, 2.05) is 0 Å². The molecule has 2 heteroatoms. The summed E-state index contributed by atoms with van der Waals surface area (Å²) in [6.45, 7) is 11.0. The first kappa shape index (κ1) is 14.8. The van der Waals surface area contributed by atoms with Gasteiger partial charge in [0.05, 0.1) is 13.1 Å². The molecule has 0 unspecified atom stereocenters. The Morgan fingerprint density at radius 2 is 1.55 bits per heavy atom. The third-order valence-corrected chi connectivity index (χ3v) is 4.85. The number of hydrogen-bond donors (Lipinski definition) is 0. The molecule has 2 aromatic carbocycles. The highest BCUT2D eigenvalue weighted by atomic mass is 15.2. The average molecular weight is 293 g/mol.